The van der Waals surface area contributed by atoms with Crippen molar-refractivity contribution in [2.24, 2.45) is 5.73 Å². The Balaban J connectivity index is 1.40. The average Bonchev–Trinajstić information content (AvgIpc) is 3.36. The third-order valence-electron chi connectivity index (χ3n) is 6.07. The molecule has 3 heterocycles. The van der Waals surface area contributed by atoms with Crippen LogP contribution in [-0.2, 0) is 4.74 Å². The molecule has 1 aliphatic heterocycles. The van der Waals surface area contributed by atoms with Gasteiger partial charge in [0.15, 0.2) is 23.2 Å². The highest BCUT2D eigenvalue weighted by molar-refractivity contribution is 5.82. The molecular formula is C22H38N6O4. The topological polar surface area (TPSA) is 152 Å². The minimum atomic E-state index is -1.18. The summed E-state index contributed by atoms with van der Waals surface area (Å²) in [5.74, 6) is 0.637. The summed E-state index contributed by atoms with van der Waals surface area (Å²) in [4.78, 5) is 13.0. The number of aliphatic hydroxyl groups excluding tert-OH is 3. The van der Waals surface area contributed by atoms with E-state index in [2.05, 4.69) is 20.3 Å². The molecule has 0 radical (unpaired) electrons. The summed E-state index contributed by atoms with van der Waals surface area (Å²) in [5.41, 5.74) is 6.60. The van der Waals surface area contributed by atoms with Crippen molar-refractivity contribution in [2.75, 3.05) is 25.0 Å². The molecule has 0 unspecified atom stereocenters. The molecule has 180 valence electrons. The lowest BCUT2D eigenvalue weighted by Gasteiger charge is -2.16. The number of hydrogen-bond acceptors (Lipinski definition) is 9. The Morgan fingerprint density at radius 2 is 1.56 bits per heavy atom. The summed E-state index contributed by atoms with van der Waals surface area (Å²) < 4.78 is 7.16. The van der Waals surface area contributed by atoms with E-state index in [1.54, 1.807) is 4.57 Å². The maximum atomic E-state index is 10.3. The number of anilines is 1. The molecule has 1 fully saturated rings. The molecule has 0 spiro atoms. The molecule has 0 aromatic carbocycles. The van der Waals surface area contributed by atoms with Gasteiger partial charge < -0.3 is 31.1 Å². The molecule has 10 nitrogen and oxygen atoms in total. The minimum absolute atomic E-state index is 0.377. The zero-order valence-electron chi connectivity index (χ0n) is 18.8. The molecule has 2 aromatic rings. The maximum Gasteiger partial charge on any atom is 0.167 e. The molecule has 2 aromatic heterocycles. The molecule has 0 saturated carbocycles. The molecule has 3 rings (SSSR count). The quantitative estimate of drug-likeness (QED) is 0.255. The summed E-state index contributed by atoms with van der Waals surface area (Å²) in [5, 5.41) is 32.9. The van der Waals surface area contributed by atoms with Gasteiger partial charge in [-0.2, -0.15) is 0 Å². The fourth-order valence-electron chi connectivity index (χ4n) is 4.17. The van der Waals surface area contributed by atoms with Crippen LogP contribution in [0.1, 0.15) is 70.4 Å². The third kappa shape index (κ3) is 6.35. The largest absolute Gasteiger partial charge is 0.394 e. The van der Waals surface area contributed by atoms with Gasteiger partial charge in [-0.05, 0) is 19.4 Å². The van der Waals surface area contributed by atoms with Crippen LogP contribution in [0.15, 0.2) is 12.7 Å². The maximum absolute atomic E-state index is 10.3. The zero-order valence-corrected chi connectivity index (χ0v) is 18.8. The number of aromatic nitrogens is 4. The van der Waals surface area contributed by atoms with Crippen molar-refractivity contribution in [1.29, 1.82) is 0 Å². The molecule has 32 heavy (non-hydrogen) atoms. The van der Waals surface area contributed by atoms with E-state index in [0.29, 0.717) is 17.0 Å². The van der Waals surface area contributed by atoms with Gasteiger partial charge >= 0.3 is 0 Å². The standard InChI is InChI=1S/C22H38N6O4/c23-11-9-7-5-3-1-2-4-6-8-10-12-24-20-17-21(26-14-25-20)28(15-27-17)22-19(31)18(30)16(13-29)32-22/h14-16,18-19,22,29-31H,1-13,23H2,(H,24,25,26)/t16-,18-,19-,22-/m1/s1. The fourth-order valence-corrected chi connectivity index (χ4v) is 4.17. The van der Waals surface area contributed by atoms with Gasteiger partial charge in [-0.15, -0.1) is 0 Å². The monoisotopic (exact) mass is 450 g/mol. The molecule has 0 aliphatic carbocycles. The van der Waals surface area contributed by atoms with Crippen LogP contribution in [0, 0.1) is 0 Å². The van der Waals surface area contributed by atoms with Crippen LogP contribution < -0.4 is 11.1 Å². The summed E-state index contributed by atoms with van der Waals surface area (Å²) in [6.45, 7) is 1.23. The minimum Gasteiger partial charge on any atom is -0.394 e. The van der Waals surface area contributed by atoms with Crippen molar-refractivity contribution in [3.05, 3.63) is 12.7 Å². The van der Waals surface area contributed by atoms with Crippen LogP contribution in [0.25, 0.3) is 11.2 Å². The Morgan fingerprint density at radius 1 is 0.906 bits per heavy atom. The molecular weight excluding hydrogens is 412 g/mol. The molecule has 6 N–H and O–H groups in total. The van der Waals surface area contributed by atoms with Crippen molar-refractivity contribution >= 4 is 17.0 Å². The smallest absolute Gasteiger partial charge is 0.167 e. The first-order valence-corrected chi connectivity index (χ1v) is 11.9. The van der Waals surface area contributed by atoms with E-state index >= 15 is 0 Å². The first-order valence-electron chi connectivity index (χ1n) is 11.9. The zero-order chi connectivity index (χ0) is 22.8. The second-order valence-electron chi connectivity index (χ2n) is 8.53. The molecule has 1 saturated heterocycles. The number of nitrogens with one attached hydrogen (secondary N) is 1. The SMILES string of the molecule is NCCCCCCCCCCCCNc1ncnc2c1ncn2[C@@H]1O[C@H](CO)[C@@H](O)[C@H]1O. The number of ether oxygens (including phenoxy) is 1. The van der Waals surface area contributed by atoms with E-state index in [1.807, 2.05) is 0 Å². The fraction of sp³-hybridized carbons (Fsp3) is 0.773. The summed E-state index contributed by atoms with van der Waals surface area (Å²) >= 11 is 0. The van der Waals surface area contributed by atoms with Gasteiger partial charge in [-0.3, -0.25) is 4.57 Å². The number of nitrogens with two attached hydrogens (primary N) is 1. The normalized spacial score (nSPS) is 23.2. The second kappa shape index (κ2) is 13.0. The number of nitrogens with zero attached hydrogens (tertiary/aromatic N) is 4. The Bertz CT molecular complexity index is 804. The Hall–Kier alpha value is -1.85. The predicted molar refractivity (Wildman–Crippen MR) is 122 cm³/mol. The molecule has 1 aliphatic rings. The second-order valence-corrected chi connectivity index (χ2v) is 8.53. The van der Waals surface area contributed by atoms with E-state index in [0.717, 1.165) is 25.9 Å². The van der Waals surface area contributed by atoms with Crippen LogP contribution in [0.3, 0.4) is 0 Å². The number of rotatable bonds is 15. The van der Waals surface area contributed by atoms with Gasteiger partial charge in [-0.25, -0.2) is 15.0 Å². The Morgan fingerprint density at radius 3 is 2.19 bits per heavy atom. The molecule has 4 atom stereocenters. The summed E-state index contributed by atoms with van der Waals surface area (Å²) in [6, 6.07) is 0. The van der Waals surface area contributed by atoms with E-state index in [9.17, 15) is 15.3 Å². The molecule has 0 amide bonds. The first kappa shape index (κ1) is 24.8. The van der Waals surface area contributed by atoms with Crippen molar-refractivity contribution < 1.29 is 20.1 Å². The lowest BCUT2D eigenvalue weighted by Crippen LogP contribution is -2.33. The third-order valence-corrected chi connectivity index (χ3v) is 6.07. The highest BCUT2D eigenvalue weighted by atomic mass is 16.6. The lowest BCUT2D eigenvalue weighted by molar-refractivity contribution is -0.0511. The van der Waals surface area contributed by atoms with Crippen molar-refractivity contribution in [3.63, 3.8) is 0 Å². The van der Waals surface area contributed by atoms with E-state index < -0.39 is 24.5 Å². The van der Waals surface area contributed by atoms with Crippen LogP contribution in [0.4, 0.5) is 5.82 Å². The number of hydrogen-bond donors (Lipinski definition) is 5. The number of imidazole rings is 1. The van der Waals surface area contributed by atoms with Crippen LogP contribution in [-0.4, -0.2) is 72.8 Å². The van der Waals surface area contributed by atoms with E-state index in [1.165, 1.54) is 64.0 Å². The van der Waals surface area contributed by atoms with Gasteiger partial charge in [0.1, 0.15) is 24.6 Å². The van der Waals surface area contributed by atoms with Crippen molar-refractivity contribution in [3.8, 4) is 0 Å². The Labute approximate surface area is 189 Å². The molecule has 0 bridgehead atoms. The summed E-state index contributed by atoms with van der Waals surface area (Å²) in [7, 11) is 0. The number of fused-ring (bicyclic) bond motifs is 1. The highest BCUT2D eigenvalue weighted by Crippen LogP contribution is 2.32. The van der Waals surface area contributed by atoms with Crippen molar-refractivity contribution in [2.45, 2.75) is 88.7 Å². The van der Waals surface area contributed by atoms with Gasteiger partial charge in [0, 0.05) is 6.54 Å². The van der Waals surface area contributed by atoms with Gasteiger partial charge in [0.25, 0.3) is 0 Å². The van der Waals surface area contributed by atoms with Gasteiger partial charge in [-0.1, -0.05) is 51.4 Å². The number of unbranched alkanes of at least 4 members (excludes halogenated alkanes) is 9. The van der Waals surface area contributed by atoms with E-state index in [4.69, 9.17) is 10.5 Å². The Kier molecular flexibility index (Phi) is 10.1. The summed E-state index contributed by atoms with van der Waals surface area (Å²) in [6.07, 6.45) is 11.3. The first-order chi connectivity index (χ1) is 15.7. The van der Waals surface area contributed by atoms with Crippen LogP contribution >= 0.6 is 0 Å². The highest BCUT2D eigenvalue weighted by Gasteiger charge is 2.44. The van der Waals surface area contributed by atoms with Crippen molar-refractivity contribution in [1.82, 2.24) is 19.5 Å². The predicted octanol–water partition coefficient (Wildman–Crippen LogP) is 1.71. The van der Waals surface area contributed by atoms with Crippen LogP contribution in [0.2, 0.25) is 0 Å². The average molecular weight is 451 g/mol. The van der Waals surface area contributed by atoms with E-state index in [-0.39, 0.29) is 6.61 Å². The number of aliphatic hydroxyl groups is 3. The van der Waals surface area contributed by atoms with Gasteiger partial charge in [0.2, 0.25) is 0 Å². The lowest BCUT2D eigenvalue weighted by atomic mass is 10.1. The van der Waals surface area contributed by atoms with Gasteiger partial charge in [0.05, 0.1) is 12.9 Å². The molecule has 10 heteroatoms. The van der Waals surface area contributed by atoms with Crippen LogP contribution in [0.5, 0.6) is 0 Å².